The molecule has 0 radical (unpaired) electrons. The molecule has 32 heavy (non-hydrogen) atoms. The van der Waals surface area contributed by atoms with E-state index in [1.807, 2.05) is 0 Å². The number of hydrogen-bond donors (Lipinski definition) is 0. The fourth-order valence-corrected chi connectivity index (χ4v) is 2.50. The number of benzene rings is 1. The normalized spacial score (nSPS) is 13.2. The molecule has 0 bridgehead atoms. The van der Waals surface area contributed by atoms with E-state index in [-0.39, 0.29) is 25.6 Å². The van der Waals surface area contributed by atoms with Crippen LogP contribution in [0.5, 0.6) is 5.88 Å². The van der Waals surface area contributed by atoms with Crippen molar-refractivity contribution in [1.82, 2.24) is 9.55 Å². The van der Waals surface area contributed by atoms with Crippen LogP contribution >= 0.6 is 0 Å². The molecule has 2 rings (SSSR count). The van der Waals surface area contributed by atoms with Crippen molar-refractivity contribution in [2.24, 2.45) is 4.99 Å². The van der Waals surface area contributed by atoms with E-state index in [2.05, 4.69) is 15.9 Å². The van der Waals surface area contributed by atoms with Gasteiger partial charge >= 0.3 is 18.5 Å². The zero-order valence-corrected chi connectivity index (χ0v) is 16.2. The summed E-state index contributed by atoms with van der Waals surface area (Å²) in [7, 11) is 0. The lowest BCUT2D eigenvalue weighted by Gasteiger charge is -2.16. The SMILES string of the molecule is C#CCCOc1cc(C(F)(F)F)nc(=Nc2ccc(C(F)(F)F)cc2C(F)(F)F)n1CC. The van der Waals surface area contributed by atoms with Crippen molar-refractivity contribution in [3.05, 3.63) is 46.7 Å². The third kappa shape index (κ3) is 5.95. The van der Waals surface area contributed by atoms with E-state index in [0.29, 0.717) is 18.2 Å². The van der Waals surface area contributed by atoms with Gasteiger partial charge in [0.25, 0.3) is 0 Å². The van der Waals surface area contributed by atoms with E-state index in [4.69, 9.17) is 11.2 Å². The van der Waals surface area contributed by atoms with Crippen LogP contribution in [0.4, 0.5) is 45.2 Å². The zero-order chi connectivity index (χ0) is 24.3. The number of rotatable bonds is 5. The van der Waals surface area contributed by atoms with Crippen LogP contribution in [0.3, 0.4) is 0 Å². The summed E-state index contributed by atoms with van der Waals surface area (Å²) in [4.78, 5) is 6.76. The molecule has 0 fully saturated rings. The smallest absolute Gasteiger partial charge is 0.433 e. The summed E-state index contributed by atoms with van der Waals surface area (Å²) < 4.78 is 125. The molecule has 174 valence electrons. The molecule has 2 aromatic rings. The van der Waals surface area contributed by atoms with Crippen molar-refractivity contribution in [3.8, 4) is 18.2 Å². The van der Waals surface area contributed by atoms with Gasteiger partial charge in [-0.25, -0.2) is 9.98 Å². The fourth-order valence-electron chi connectivity index (χ4n) is 2.50. The number of hydrogen-bond acceptors (Lipinski definition) is 3. The van der Waals surface area contributed by atoms with Gasteiger partial charge in [-0.1, -0.05) is 0 Å². The lowest BCUT2D eigenvalue weighted by atomic mass is 10.1. The third-order valence-electron chi connectivity index (χ3n) is 3.94. The average Bonchev–Trinajstić information content (AvgIpc) is 2.66. The highest BCUT2D eigenvalue weighted by atomic mass is 19.4. The second kappa shape index (κ2) is 9.13. The van der Waals surface area contributed by atoms with Crippen LogP contribution in [-0.4, -0.2) is 16.2 Å². The van der Waals surface area contributed by atoms with Gasteiger partial charge in [0.05, 0.1) is 16.8 Å². The minimum absolute atomic E-state index is 0.0248. The largest absolute Gasteiger partial charge is 0.478 e. The summed E-state index contributed by atoms with van der Waals surface area (Å²) >= 11 is 0. The Hall–Kier alpha value is -3.17. The Morgan fingerprint density at radius 3 is 2.16 bits per heavy atom. The number of aromatic nitrogens is 2. The topological polar surface area (TPSA) is 39.4 Å². The Labute approximate surface area is 175 Å². The summed E-state index contributed by atoms with van der Waals surface area (Å²) in [6.45, 7) is 1.10. The molecular weight excluding hydrogens is 457 g/mol. The minimum Gasteiger partial charge on any atom is -0.478 e. The lowest BCUT2D eigenvalue weighted by molar-refractivity contribution is -0.143. The van der Waals surface area contributed by atoms with Gasteiger partial charge in [-0.15, -0.1) is 12.3 Å². The molecule has 1 aromatic heterocycles. The molecule has 0 amide bonds. The minimum atomic E-state index is -5.27. The molecule has 13 heteroatoms. The van der Waals surface area contributed by atoms with Crippen molar-refractivity contribution in [2.75, 3.05) is 6.61 Å². The summed E-state index contributed by atoms with van der Waals surface area (Å²) in [6, 6.07) is 1.10. The molecule has 1 heterocycles. The highest BCUT2D eigenvalue weighted by molar-refractivity contribution is 5.50. The Balaban J connectivity index is 2.82. The first-order valence-electron chi connectivity index (χ1n) is 8.77. The third-order valence-corrected chi connectivity index (χ3v) is 3.94. The average molecular weight is 471 g/mol. The number of alkyl halides is 9. The Morgan fingerprint density at radius 2 is 1.66 bits per heavy atom. The van der Waals surface area contributed by atoms with E-state index in [1.54, 1.807) is 0 Å². The highest BCUT2D eigenvalue weighted by Crippen LogP contribution is 2.40. The number of halogens is 9. The fraction of sp³-hybridized carbons (Fsp3) is 0.368. The maximum absolute atomic E-state index is 13.4. The van der Waals surface area contributed by atoms with Gasteiger partial charge in [-0.3, -0.25) is 4.57 Å². The van der Waals surface area contributed by atoms with Gasteiger partial charge in [-0.05, 0) is 25.1 Å². The number of nitrogens with zero attached hydrogens (tertiary/aromatic N) is 3. The van der Waals surface area contributed by atoms with Crippen molar-refractivity contribution in [2.45, 2.75) is 38.4 Å². The van der Waals surface area contributed by atoms with E-state index in [9.17, 15) is 39.5 Å². The Morgan fingerprint density at radius 1 is 1.00 bits per heavy atom. The van der Waals surface area contributed by atoms with Crippen LogP contribution in [-0.2, 0) is 25.1 Å². The molecule has 0 saturated carbocycles. The first-order chi connectivity index (χ1) is 14.7. The van der Waals surface area contributed by atoms with Crippen LogP contribution < -0.4 is 10.4 Å². The summed E-state index contributed by atoms with van der Waals surface area (Å²) in [5, 5.41) is 0. The van der Waals surface area contributed by atoms with Crippen LogP contribution in [0.1, 0.15) is 30.2 Å². The predicted molar refractivity (Wildman–Crippen MR) is 93.5 cm³/mol. The van der Waals surface area contributed by atoms with Gasteiger partial charge in [-0.2, -0.15) is 39.5 Å². The monoisotopic (exact) mass is 471 g/mol. The van der Waals surface area contributed by atoms with Gasteiger partial charge in [0.1, 0.15) is 6.61 Å². The van der Waals surface area contributed by atoms with Crippen molar-refractivity contribution in [1.29, 1.82) is 0 Å². The summed E-state index contributed by atoms with van der Waals surface area (Å²) in [5.41, 5.74) is -6.79. The second-order valence-electron chi connectivity index (χ2n) is 6.16. The Kier molecular flexibility index (Phi) is 7.16. The quantitative estimate of drug-likeness (QED) is 0.324. The van der Waals surface area contributed by atoms with E-state index < -0.39 is 52.5 Å². The Bertz CT molecular complexity index is 1070. The van der Waals surface area contributed by atoms with Gasteiger partial charge in [0.15, 0.2) is 11.6 Å². The molecular formula is C19H14F9N3O. The molecule has 0 N–H and O–H groups in total. The van der Waals surface area contributed by atoms with Gasteiger partial charge in [0.2, 0.25) is 5.62 Å². The van der Waals surface area contributed by atoms with Crippen molar-refractivity contribution < 1.29 is 44.3 Å². The number of ether oxygens (including phenoxy) is 1. The molecule has 0 aliphatic rings. The highest BCUT2D eigenvalue weighted by Gasteiger charge is 2.38. The summed E-state index contributed by atoms with van der Waals surface area (Å²) in [6.07, 6.45) is -10.3. The molecule has 0 spiro atoms. The van der Waals surface area contributed by atoms with Crippen LogP contribution in [0, 0.1) is 12.3 Å². The second-order valence-corrected chi connectivity index (χ2v) is 6.16. The van der Waals surface area contributed by atoms with Gasteiger partial charge in [0, 0.05) is 19.0 Å². The maximum atomic E-state index is 13.4. The van der Waals surface area contributed by atoms with Crippen molar-refractivity contribution in [3.63, 3.8) is 0 Å². The van der Waals surface area contributed by atoms with E-state index >= 15 is 0 Å². The molecule has 0 aliphatic carbocycles. The molecule has 0 aliphatic heterocycles. The first-order valence-corrected chi connectivity index (χ1v) is 8.77. The molecule has 0 saturated heterocycles. The van der Waals surface area contributed by atoms with Crippen LogP contribution in [0.15, 0.2) is 29.3 Å². The first kappa shape index (κ1) is 25.1. The summed E-state index contributed by atoms with van der Waals surface area (Å²) in [5.74, 6) is 1.78. The van der Waals surface area contributed by atoms with E-state index in [1.165, 1.54) is 6.92 Å². The van der Waals surface area contributed by atoms with Gasteiger partial charge < -0.3 is 4.74 Å². The molecule has 4 nitrogen and oxygen atoms in total. The molecule has 1 aromatic carbocycles. The standard InChI is InChI=1S/C19H14F9N3O/c1-3-5-8-32-15-10-14(19(26,27)28)30-16(31(15)4-2)29-13-7-6-11(17(20,21)22)9-12(13)18(23,24)25/h1,6-7,9-10H,4-5,8H2,2H3. The van der Waals surface area contributed by atoms with E-state index in [0.717, 1.165) is 4.57 Å². The number of terminal acetylenes is 1. The molecule has 0 unspecified atom stereocenters. The molecule has 0 atom stereocenters. The van der Waals surface area contributed by atoms with Crippen LogP contribution in [0.25, 0.3) is 0 Å². The lowest BCUT2D eigenvalue weighted by Crippen LogP contribution is -2.29. The van der Waals surface area contributed by atoms with Crippen molar-refractivity contribution >= 4 is 5.69 Å². The van der Waals surface area contributed by atoms with Crippen LogP contribution in [0.2, 0.25) is 0 Å². The maximum Gasteiger partial charge on any atom is 0.433 e. The predicted octanol–water partition coefficient (Wildman–Crippen LogP) is 5.59. The zero-order valence-electron chi connectivity index (χ0n) is 16.2.